The van der Waals surface area contributed by atoms with Crippen molar-refractivity contribution in [3.63, 3.8) is 0 Å². The third-order valence-corrected chi connectivity index (χ3v) is 4.51. The Kier molecular flexibility index (Phi) is 5.01. The number of rotatable bonds is 3. The van der Waals surface area contributed by atoms with Gasteiger partial charge in [0.05, 0.1) is 19.3 Å². The van der Waals surface area contributed by atoms with E-state index in [0.717, 1.165) is 45.2 Å². The molecule has 2 aliphatic rings. The Balaban J connectivity index is 1.90. The molecule has 1 unspecified atom stereocenters. The molecule has 0 aromatic rings. The number of amides is 1. The number of hydrogen-bond donors (Lipinski definition) is 1. The summed E-state index contributed by atoms with van der Waals surface area (Å²) in [5.74, 6) is 1.24. The first-order valence-electron chi connectivity index (χ1n) is 7.34. The van der Waals surface area contributed by atoms with Gasteiger partial charge < -0.3 is 15.4 Å². The summed E-state index contributed by atoms with van der Waals surface area (Å²) in [5, 5.41) is 0. The zero-order valence-electron chi connectivity index (χ0n) is 11.4. The van der Waals surface area contributed by atoms with Gasteiger partial charge in [-0.05, 0) is 44.6 Å². The fourth-order valence-corrected chi connectivity index (χ4v) is 3.16. The summed E-state index contributed by atoms with van der Waals surface area (Å²) in [7, 11) is 0. The second-order valence-corrected chi connectivity index (χ2v) is 5.62. The molecule has 4 heteroatoms. The predicted molar refractivity (Wildman–Crippen MR) is 71.1 cm³/mol. The molecule has 2 N–H and O–H groups in total. The first kappa shape index (κ1) is 13.8. The molecule has 1 atom stereocenters. The summed E-state index contributed by atoms with van der Waals surface area (Å²) < 4.78 is 5.46. The third-order valence-electron chi connectivity index (χ3n) is 4.51. The molecule has 1 amide bonds. The van der Waals surface area contributed by atoms with E-state index in [1.165, 1.54) is 0 Å². The maximum Gasteiger partial charge on any atom is 0.226 e. The van der Waals surface area contributed by atoms with Crippen molar-refractivity contribution in [1.29, 1.82) is 0 Å². The van der Waals surface area contributed by atoms with E-state index in [2.05, 4.69) is 11.8 Å². The number of hydrogen-bond acceptors (Lipinski definition) is 3. The fourth-order valence-electron chi connectivity index (χ4n) is 3.16. The van der Waals surface area contributed by atoms with Crippen LogP contribution in [0.5, 0.6) is 0 Å². The minimum atomic E-state index is 0.236. The van der Waals surface area contributed by atoms with E-state index in [4.69, 9.17) is 10.5 Å². The maximum atomic E-state index is 12.6. The molecule has 2 rings (SSSR count). The zero-order chi connectivity index (χ0) is 13.0. The van der Waals surface area contributed by atoms with Gasteiger partial charge in [0.2, 0.25) is 5.91 Å². The van der Waals surface area contributed by atoms with Crippen molar-refractivity contribution in [3.8, 4) is 0 Å². The van der Waals surface area contributed by atoms with Crippen LogP contribution in [-0.2, 0) is 9.53 Å². The summed E-state index contributed by atoms with van der Waals surface area (Å²) in [5.41, 5.74) is 5.70. The number of ether oxygens (including phenoxy) is 1. The third kappa shape index (κ3) is 3.04. The van der Waals surface area contributed by atoms with Crippen LogP contribution in [0.4, 0.5) is 0 Å². The average Bonchev–Trinajstić information content (AvgIpc) is 2.46. The molecule has 104 valence electrons. The Hall–Kier alpha value is -0.610. The van der Waals surface area contributed by atoms with Crippen LogP contribution >= 0.6 is 0 Å². The first-order valence-corrected chi connectivity index (χ1v) is 7.34. The predicted octanol–water partition coefficient (Wildman–Crippen LogP) is 1.39. The highest BCUT2D eigenvalue weighted by Gasteiger charge is 2.33. The second-order valence-electron chi connectivity index (χ2n) is 5.62. The van der Waals surface area contributed by atoms with Gasteiger partial charge in [-0.3, -0.25) is 4.79 Å². The quantitative estimate of drug-likeness (QED) is 0.828. The number of carbonyl (C=O) groups excluding carboxylic acids is 1. The SMILES string of the molecule is CCC1COCCN1C(=O)C1CCC(CN)CC1. The lowest BCUT2D eigenvalue weighted by molar-refractivity contribution is -0.145. The highest BCUT2D eigenvalue weighted by atomic mass is 16.5. The van der Waals surface area contributed by atoms with Crippen LogP contribution in [0.15, 0.2) is 0 Å². The minimum Gasteiger partial charge on any atom is -0.377 e. The maximum absolute atomic E-state index is 12.6. The Labute approximate surface area is 110 Å². The molecule has 0 aromatic heterocycles. The van der Waals surface area contributed by atoms with E-state index in [0.29, 0.717) is 31.1 Å². The summed E-state index contributed by atoms with van der Waals surface area (Å²) >= 11 is 0. The number of nitrogens with two attached hydrogens (primary N) is 1. The van der Waals surface area contributed by atoms with Gasteiger partial charge in [0.25, 0.3) is 0 Å². The molecule has 0 aromatic carbocycles. The lowest BCUT2D eigenvalue weighted by atomic mass is 9.81. The molecule has 18 heavy (non-hydrogen) atoms. The molecule has 0 spiro atoms. The first-order chi connectivity index (χ1) is 8.76. The van der Waals surface area contributed by atoms with Crippen molar-refractivity contribution in [2.75, 3.05) is 26.3 Å². The molecule has 0 bridgehead atoms. The normalized spacial score (nSPS) is 33.4. The zero-order valence-corrected chi connectivity index (χ0v) is 11.4. The van der Waals surface area contributed by atoms with Gasteiger partial charge in [-0.2, -0.15) is 0 Å². The topological polar surface area (TPSA) is 55.6 Å². The molecule has 0 radical (unpaired) electrons. The van der Waals surface area contributed by atoms with Crippen LogP contribution < -0.4 is 5.73 Å². The minimum absolute atomic E-state index is 0.236. The smallest absolute Gasteiger partial charge is 0.226 e. The van der Waals surface area contributed by atoms with E-state index in [-0.39, 0.29) is 5.92 Å². The number of morpholine rings is 1. The van der Waals surface area contributed by atoms with E-state index in [1.54, 1.807) is 0 Å². The van der Waals surface area contributed by atoms with Crippen LogP contribution in [0, 0.1) is 11.8 Å². The standard InChI is InChI=1S/C14H26N2O2/c1-2-13-10-18-8-7-16(13)14(17)12-5-3-11(9-15)4-6-12/h11-13H,2-10,15H2,1H3. The van der Waals surface area contributed by atoms with Gasteiger partial charge in [0, 0.05) is 12.5 Å². The van der Waals surface area contributed by atoms with Crippen LogP contribution in [0.2, 0.25) is 0 Å². The lowest BCUT2D eigenvalue weighted by Gasteiger charge is -2.38. The highest BCUT2D eigenvalue weighted by Crippen LogP contribution is 2.30. The average molecular weight is 254 g/mol. The van der Waals surface area contributed by atoms with Crippen LogP contribution in [0.1, 0.15) is 39.0 Å². The van der Waals surface area contributed by atoms with Crippen LogP contribution in [0.25, 0.3) is 0 Å². The van der Waals surface area contributed by atoms with Gasteiger partial charge in [0.1, 0.15) is 0 Å². The van der Waals surface area contributed by atoms with Crippen molar-refractivity contribution >= 4 is 5.91 Å². The highest BCUT2D eigenvalue weighted by molar-refractivity contribution is 5.79. The molecule has 1 aliphatic heterocycles. The number of nitrogens with zero attached hydrogens (tertiary/aromatic N) is 1. The molecule has 4 nitrogen and oxygen atoms in total. The molecule has 1 aliphatic carbocycles. The van der Waals surface area contributed by atoms with Crippen molar-refractivity contribution < 1.29 is 9.53 Å². The van der Waals surface area contributed by atoms with Gasteiger partial charge in [-0.15, -0.1) is 0 Å². The summed E-state index contributed by atoms with van der Waals surface area (Å²) in [6.07, 6.45) is 5.27. The molecular formula is C14H26N2O2. The second kappa shape index (κ2) is 6.53. The van der Waals surface area contributed by atoms with E-state index in [9.17, 15) is 4.79 Å². The van der Waals surface area contributed by atoms with Crippen LogP contribution in [-0.4, -0.2) is 43.2 Å². The molecule has 2 fully saturated rings. The van der Waals surface area contributed by atoms with Gasteiger partial charge in [-0.1, -0.05) is 6.92 Å². The number of carbonyl (C=O) groups is 1. The Morgan fingerprint density at radius 1 is 1.33 bits per heavy atom. The molecule has 1 saturated heterocycles. The summed E-state index contributed by atoms with van der Waals surface area (Å²) in [6.45, 7) is 5.08. The van der Waals surface area contributed by atoms with E-state index < -0.39 is 0 Å². The monoisotopic (exact) mass is 254 g/mol. The Bertz CT molecular complexity index is 275. The largest absolute Gasteiger partial charge is 0.377 e. The van der Waals surface area contributed by atoms with Crippen molar-refractivity contribution in [2.45, 2.75) is 45.1 Å². The van der Waals surface area contributed by atoms with Crippen molar-refractivity contribution in [2.24, 2.45) is 17.6 Å². The fraction of sp³-hybridized carbons (Fsp3) is 0.929. The van der Waals surface area contributed by atoms with Gasteiger partial charge >= 0.3 is 0 Å². The molecule has 1 saturated carbocycles. The summed E-state index contributed by atoms with van der Waals surface area (Å²) in [4.78, 5) is 14.6. The van der Waals surface area contributed by atoms with Crippen LogP contribution in [0.3, 0.4) is 0 Å². The molecule has 1 heterocycles. The summed E-state index contributed by atoms with van der Waals surface area (Å²) in [6, 6.07) is 0.290. The van der Waals surface area contributed by atoms with Gasteiger partial charge in [0.15, 0.2) is 0 Å². The van der Waals surface area contributed by atoms with Crippen molar-refractivity contribution in [3.05, 3.63) is 0 Å². The Morgan fingerprint density at radius 2 is 2.06 bits per heavy atom. The molecular weight excluding hydrogens is 228 g/mol. The Morgan fingerprint density at radius 3 is 2.67 bits per heavy atom. The van der Waals surface area contributed by atoms with Gasteiger partial charge in [-0.25, -0.2) is 0 Å². The van der Waals surface area contributed by atoms with E-state index in [1.807, 2.05) is 0 Å². The van der Waals surface area contributed by atoms with Crippen molar-refractivity contribution in [1.82, 2.24) is 4.90 Å². The lowest BCUT2D eigenvalue weighted by Crippen LogP contribution is -2.51. The van der Waals surface area contributed by atoms with E-state index >= 15 is 0 Å².